The summed E-state index contributed by atoms with van der Waals surface area (Å²) in [6.07, 6.45) is 2.91. The second-order valence-corrected chi connectivity index (χ2v) is 3.49. The maximum atomic E-state index is 10.9. The molecule has 0 heterocycles. The zero-order valence-corrected chi connectivity index (χ0v) is 7.62. The Labute approximate surface area is 72.0 Å². The molecule has 0 aromatic carbocycles. The van der Waals surface area contributed by atoms with E-state index in [1.807, 2.05) is 6.92 Å². The molecule has 0 aliphatic carbocycles. The first-order valence-electron chi connectivity index (χ1n) is 3.83. The summed E-state index contributed by atoms with van der Waals surface area (Å²) in [5.74, 6) is 0.858. The van der Waals surface area contributed by atoms with Crippen LogP contribution >= 0.6 is 11.8 Å². The molecule has 0 aliphatic rings. The lowest BCUT2D eigenvalue weighted by molar-refractivity contribution is -0.111. The normalized spacial score (nSPS) is 9.09. The molecule has 3 heteroatoms. The Morgan fingerprint density at radius 1 is 1.55 bits per heavy atom. The maximum absolute atomic E-state index is 10.9. The lowest BCUT2D eigenvalue weighted by Crippen LogP contribution is -1.91. The predicted molar refractivity (Wildman–Crippen MR) is 47.2 cm³/mol. The largest absolute Gasteiger partial charge is 0.287 e. The standard InChI is InChI=1S/C8H13NOS/c1-2-11-8(10)6-4-3-5-7-9/h2-6H2,1H3. The number of nitrogens with zero attached hydrogens (tertiary/aromatic N) is 1. The monoisotopic (exact) mass is 171 g/mol. The van der Waals surface area contributed by atoms with Crippen molar-refractivity contribution in [2.45, 2.75) is 32.6 Å². The Morgan fingerprint density at radius 2 is 2.27 bits per heavy atom. The molecule has 0 saturated heterocycles. The highest BCUT2D eigenvalue weighted by atomic mass is 32.2. The van der Waals surface area contributed by atoms with Crippen LogP contribution in [0.1, 0.15) is 32.6 Å². The number of unbranched alkanes of at least 4 members (excludes halogenated alkanes) is 2. The number of carbonyl (C=O) groups is 1. The third kappa shape index (κ3) is 7.41. The van der Waals surface area contributed by atoms with Crippen LogP contribution in [0.5, 0.6) is 0 Å². The first-order chi connectivity index (χ1) is 5.31. The van der Waals surface area contributed by atoms with Gasteiger partial charge in [-0.1, -0.05) is 18.7 Å². The molecule has 0 spiro atoms. The van der Waals surface area contributed by atoms with E-state index in [1.165, 1.54) is 11.8 Å². The fourth-order valence-electron chi connectivity index (χ4n) is 0.707. The summed E-state index contributed by atoms with van der Waals surface area (Å²) in [4.78, 5) is 10.9. The highest BCUT2D eigenvalue weighted by molar-refractivity contribution is 8.13. The maximum Gasteiger partial charge on any atom is 0.188 e. The lowest BCUT2D eigenvalue weighted by Gasteiger charge is -1.95. The fraction of sp³-hybridized carbons (Fsp3) is 0.750. The lowest BCUT2D eigenvalue weighted by atomic mass is 10.2. The molecule has 11 heavy (non-hydrogen) atoms. The molecule has 0 fully saturated rings. The van der Waals surface area contributed by atoms with Gasteiger partial charge in [-0.25, -0.2) is 0 Å². The van der Waals surface area contributed by atoms with Crippen molar-refractivity contribution in [2.24, 2.45) is 0 Å². The molecular formula is C8H13NOS. The van der Waals surface area contributed by atoms with E-state index in [0.29, 0.717) is 12.8 Å². The minimum Gasteiger partial charge on any atom is -0.287 e. The fourth-order valence-corrected chi connectivity index (χ4v) is 1.32. The van der Waals surface area contributed by atoms with Gasteiger partial charge < -0.3 is 0 Å². The molecule has 0 aliphatic heterocycles. The molecule has 0 saturated carbocycles. The summed E-state index contributed by atoms with van der Waals surface area (Å²) in [7, 11) is 0. The Balaban J connectivity index is 3.12. The van der Waals surface area contributed by atoms with Crippen molar-refractivity contribution in [3.63, 3.8) is 0 Å². The summed E-state index contributed by atoms with van der Waals surface area (Å²) in [6.45, 7) is 1.97. The van der Waals surface area contributed by atoms with Gasteiger partial charge in [-0.2, -0.15) is 5.26 Å². The zero-order valence-electron chi connectivity index (χ0n) is 6.80. The summed E-state index contributed by atoms with van der Waals surface area (Å²) in [5.41, 5.74) is 0. The molecule has 62 valence electrons. The van der Waals surface area contributed by atoms with Gasteiger partial charge in [0.2, 0.25) is 0 Å². The van der Waals surface area contributed by atoms with Crippen LogP contribution in [0.2, 0.25) is 0 Å². The van der Waals surface area contributed by atoms with Gasteiger partial charge >= 0.3 is 0 Å². The smallest absolute Gasteiger partial charge is 0.188 e. The quantitative estimate of drug-likeness (QED) is 0.596. The summed E-state index contributed by atoms with van der Waals surface area (Å²) in [6, 6.07) is 2.06. The zero-order chi connectivity index (χ0) is 8.53. The molecule has 0 aromatic heterocycles. The minimum atomic E-state index is 0.255. The SMILES string of the molecule is CCSC(=O)CCCCC#N. The van der Waals surface area contributed by atoms with E-state index in [9.17, 15) is 4.79 Å². The molecule has 2 nitrogen and oxygen atoms in total. The van der Waals surface area contributed by atoms with Crippen molar-refractivity contribution in [3.05, 3.63) is 0 Å². The second kappa shape index (κ2) is 7.62. The molecule has 0 atom stereocenters. The molecule has 0 bridgehead atoms. The van der Waals surface area contributed by atoms with E-state index >= 15 is 0 Å². The first-order valence-corrected chi connectivity index (χ1v) is 4.82. The summed E-state index contributed by atoms with van der Waals surface area (Å²) in [5, 5.41) is 8.45. The Morgan fingerprint density at radius 3 is 2.82 bits per heavy atom. The van der Waals surface area contributed by atoms with Crippen molar-refractivity contribution in [1.82, 2.24) is 0 Å². The topological polar surface area (TPSA) is 40.9 Å². The second-order valence-electron chi connectivity index (χ2n) is 2.17. The number of nitriles is 1. The highest BCUT2D eigenvalue weighted by Crippen LogP contribution is 2.08. The van der Waals surface area contributed by atoms with Crippen LogP contribution in [0.15, 0.2) is 0 Å². The molecular weight excluding hydrogens is 158 g/mol. The molecule has 0 unspecified atom stereocenters. The van der Waals surface area contributed by atoms with Gasteiger partial charge in [-0.05, 0) is 18.6 Å². The average Bonchev–Trinajstić information content (AvgIpc) is 1.99. The van der Waals surface area contributed by atoms with E-state index < -0.39 is 0 Å². The van der Waals surface area contributed by atoms with E-state index in [-0.39, 0.29) is 5.12 Å². The van der Waals surface area contributed by atoms with Crippen LogP contribution in [-0.4, -0.2) is 10.9 Å². The van der Waals surface area contributed by atoms with Crippen LogP contribution in [-0.2, 0) is 4.79 Å². The minimum absolute atomic E-state index is 0.255. The summed E-state index contributed by atoms with van der Waals surface area (Å²) < 4.78 is 0. The van der Waals surface area contributed by atoms with Crippen LogP contribution in [0.4, 0.5) is 0 Å². The Kier molecular flexibility index (Phi) is 7.28. The number of thioether (sulfide) groups is 1. The third-order valence-corrected chi connectivity index (χ3v) is 2.04. The Hall–Kier alpha value is -0.490. The van der Waals surface area contributed by atoms with Crippen LogP contribution in [0.3, 0.4) is 0 Å². The van der Waals surface area contributed by atoms with E-state index in [2.05, 4.69) is 6.07 Å². The van der Waals surface area contributed by atoms with Gasteiger partial charge in [0, 0.05) is 12.8 Å². The molecule has 0 radical (unpaired) electrons. The van der Waals surface area contributed by atoms with E-state index in [1.54, 1.807) is 0 Å². The van der Waals surface area contributed by atoms with Crippen LogP contribution in [0, 0.1) is 11.3 Å². The number of hydrogen-bond acceptors (Lipinski definition) is 3. The van der Waals surface area contributed by atoms with Gasteiger partial charge in [-0.15, -0.1) is 0 Å². The van der Waals surface area contributed by atoms with Gasteiger partial charge in [-0.3, -0.25) is 4.79 Å². The third-order valence-electron chi connectivity index (χ3n) is 1.22. The van der Waals surface area contributed by atoms with E-state index in [4.69, 9.17) is 5.26 Å². The van der Waals surface area contributed by atoms with Crippen molar-refractivity contribution in [1.29, 1.82) is 5.26 Å². The van der Waals surface area contributed by atoms with E-state index in [0.717, 1.165) is 18.6 Å². The van der Waals surface area contributed by atoms with Crippen LogP contribution < -0.4 is 0 Å². The number of carbonyl (C=O) groups excluding carboxylic acids is 1. The molecule has 0 aromatic rings. The van der Waals surface area contributed by atoms with Crippen molar-refractivity contribution < 1.29 is 4.79 Å². The molecule has 0 N–H and O–H groups in total. The first kappa shape index (κ1) is 10.5. The average molecular weight is 171 g/mol. The van der Waals surface area contributed by atoms with Crippen molar-refractivity contribution >= 4 is 16.9 Å². The van der Waals surface area contributed by atoms with Gasteiger partial charge in [0.25, 0.3) is 0 Å². The number of rotatable bonds is 5. The van der Waals surface area contributed by atoms with Gasteiger partial charge in [0.1, 0.15) is 0 Å². The van der Waals surface area contributed by atoms with Gasteiger partial charge in [0.15, 0.2) is 5.12 Å². The molecule has 0 rings (SSSR count). The van der Waals surface area contributed by atoms with Gasteiger partial charge in [0.05, 0.1) is 6.07 Å². The Bertz CT molecular complexity index is 151. The molecule has 0 amide bonds. The number of hydrogen-bond donors (Lipinski definition) is 0. The summed E-state index contributed by atoms with van der Waals surface area (Å²) >= 11 is 1.37. The van der Waals surface area contributed by atoms with Crippen molar-refractivity contribution in [2.75, 3.05) is 5.75 Å². The van der Waals surface area contributed by atoms with Crippen LogP contribution in [0.25, 0.3) is 0 Å². The van der Waals surface area contributed by atoms with Crippen molar-refractivity contribution in [3.8, 4) is 6.07 Å². The highest BCUT2D eigenvalue weighted by Gasteiger charge is 1.99. The predicted octanol–water partition coefficient (Wildman–Crippen LogP) is 2.35.